The Bertz CT molecular complexity index is 1150. The van der Waals surface area contributed by atoms with E-state index in [0.29, 0.717) is 17.9 Å². The highest BCUT2D eigenvalue weighted by Gasteiger charge is 2.38. The maximum atomic E-state index is 14.2. The van der Waals surface area contributed by atoms with Crippen LogP contribution in [0.5, 0.6) is 0 Å². The molecule has 1 aliphatic heterocycles. The molecule has 2 aromatic rings. The molecule has 0 radical (unpaired) electrons. The molecule has 1 saturated heterocycles. The molecule has 0 spiro atoms. The molecule has 9 nitrogen and oxygen atoms in total. The van der Waals surface area contributed by atoms with E-state index in [-0.39, 0.29) is 39.5 Å². The number of likely N-dealkylation sites (tertiary alicyclic amines) is 1. The van der Waals surface area contributed by atoms with Gasteiger partial charge in [-0.25, -0.2) is 9.97 Å². The van der Waals surface area contributed by atoms with Gasteiger partial charge in [0.15, 0.2) is 5.01 Å². The molecule has 0 unspecified atom stereocenters. The van der Waals surface area contributed by atoms with Crippen LogP contribution in [0.25, 0.3) is 10.4 Å². The van der Waals surface area contributed by atoms with Crippen LogP contribution >= 0.6 is 11.3 Å². The second-order valence-corrected chi connectivity index (χ2v) is 11.2. The number of amides is 2. The van der Waals surface area contributed by atoms with Crippen LogP contribution in [-0.4, -0.2) is 86.2 Å². The summed E-state index contributed by atoms with van der Waals surface area (Å²) in [7, 11) is 1.36. The van der Waals surface area contributed by atoms with E-state index in [1.165, 1.54) is 7.05 Å². The lowest BCUT2D eigenvalue weighted by Crippen LogP contribution is -2.36. The molecule has 2 aromatic heterocycles. The number of pyridine rings is 1. The van der Waals surface area contributed by atoms with Gasteiger partial charge < -0.3 is 25.3 Å². The number of aliphatic hydroxyl groups excluding tert-OH is 2. The van der Waals surface area contributed by atoms with Gasteiger partial charge in [-0.15, -0.1) is 11.3 Å². The average Bonchev–Trinajstić information content (AvgIpc) is 3.43. The molecule has 2 atom stereocenters. The highest BCUT2D eigenvalue weighted by atomic mass is 32.1. The second kappa shape index (κ2) is 10.9. The highest BCUT2D eigenvalue weighted by molar-refractivity contribution is 7.17. The van der Waals surface area contributed by atoms with Gasteiger partial charge in [0.1, 0.15) is 11.5 Å². The summed E-state index contributed by atoms with van der Waals surface area (Å²) in [6, 6.07) is 0.764. The van der Waals surface area contributed by atoms with Crippen molar-refractivity contribution in [2.24, 2.45) is 0 Å². The van der Waals surface area contributed by atoms with E-state index in [1.54, 1.807) is 25.7 Å². The van der Waals surface area contributed by atoms with Gasteiger partial charge in [0.2, 0.25) is 0 Å². The first-order chi connectivity index (χ1) is 17.1. The molecular formula is C24H32F3N5O4S. The van der Waals surface area contributed by atoms with Crippen LogP contribution in [0.15, 0.2) is 12.3 Å². The molecule has 1 fully saturated rings. The van der Waals surface area contributed by atoms with Gasteiger partial charge >= 0.3 is 6.18 Å². The lowest BCUT2D eigenvalue weighted by molar-refractivity contribution is -0.137. The number of nitrogens with one attached hydrogen (secondary N) is 1. The average molecular weight is 544 g/mol. The Morgan fingerprint density at radius 2 is 2.00 bits per heavy atom. The van der Waals surface area contributed by atoms with Gasteiger partial charge in [0, 0.05) is 43.5 Å². The first-order valence-electron chi connectivity index (χ1n) is 11.8. The topological polar surface area (TPSA) is 119 Å². The lowest BCUT2D eigenvalue weighted by Gasteiger charge is -2.23. The van der Waals surface area contributed by atoms with E-state index < -0.39 is 41.8 Å². The number of anilines is 1. The smallest absolute Gasteiger partial charge is 0.394 e. The molecule has 3 rings (SSSR count). The van der Waals surface area contributed by atoms with Gasteiger partial charge in [-0.05, 0) is 46.6 Å². The van der Waals surface area contributed by atoms with Gasteiger partial charge in [-0.2, -0.15) is 13.2 Å². The van der Waals surface area contributed by atoms with Crippen molar-refractivity contribution in [3.05, 3.63) is 28.5 Å². The van der Waals surface area contributed by atoms with Crippen LogP contribution in [0, 0.1) is 0 Å². The number of hydrogen-bond acceptors (Lipinski definition) is 8. The summed E-state index contributed by atoms with van der Waals surface area (Å²) in [5, 5.41) is 21.5. The molecule has 0 aliphatic carbocycles. The number of thiazole rings is 1. The molecule has 0 aromatic carbocycles. The molecule has 3 N–H and O–H groups in total. The van der Waals surface area contributed by atoms with Crippen molar-refractivity contribution in [3.63, 3.8) is 0 Å². The minimum absolute atomic E-state index is 0.0168. The quantitative estimate of drug-likeness (QED) is 0.489. The SMILES string of the molecule is C[C@H]1CCCN1C(=O)c1nc(C(=O)N(C)C[C@@H](O)CO)sc1-c1cnc(NC(C)(C)C)cc1C(F)(F)F. The number of halogens is 3. The number of aromatic nitrogens is 2. The summed E-state index contributed by atoms with van der Waals surface area (Å²) >= 11 is 0.667. The number of rotatable bonds is 7. The van der Waals surface area contributed by atoms with Crippen molar-refractivity contribution in [1.29, 1.82) is 0 Å². The molecule has 204 valence electrons. The number of carbonyl (C=O) groups excluding carboxylic acids is 2. The largest absolute Gasteiger partial charge is 0.417 e. The Kier molecular flexibility index (Phi) is 8.50. The summed E-state index contributed by atoms with van der Waals surface area (Å²) in [5.74, 6) is -1.23. The fraction of sp³-hybridized carbons (Fsp3) is 0.583. The van der Waals surface area contributed by atoms with Crippen LogP contribution in [0.3, 0.4) is 0 Å². The monoisotopic (exact) mass is 543 g/mol. The number of nitrogens with zero attached hydrogens (tertiary/aromatic N) is 4. The van der Waals surface area contributed by atoms with Crippen molar-refractivity contribution in [1.82, 2.24) is 19.8 Å². The third-order valence-electron chi connectivity index (χ3n) is 5.83. The van der Waals surface area contributed by atoms with Gasteiger partial charge in [-0.3, -0.25) is 9.59 Å². The zero-order valence-electron chi connectivity index (χ0n) is 21.4. The minimum atomic E-state index is -4.77. The predicted molar refractivity (Wildman–Crippen MR) is 134 cm³/mol. The molecular weight excluding hydrogens is 511 g/mol. The van der Waals surface area contributed by atoms with E-state index in [4.69, 9.17) is 5.11 Å². The molecule has 0 saturated carbocycles. The Morgan fingerprint density at radius 1 is 1.32 bits per heavy atom. The van der Waals surface area contributed by atoms with Crippen molar-refractivity contribution < 1.29 is 33.0 Å². The Morgan fingerprint density at radius 3 is 2.54 bits per heavy atom. The molecule has 2 amide bonds. The van der Waals surface area contributed by atoms with Crippen molar-refractivity contribution >= 4 is 29.0 Å². The summed E-state index contributed by atoms with van der Waals surface area (Å²) in [4.78, 5) is 37.3. The predicted octanol–water partition coefficient (Wildman–Crippen LogP) is 3.48. The van der Waals surface area contributed by atoms with E-state index in [0.717, 1.165) is 30.0 Å². The fourth-order valence-electron chi connectivity index (χ4n) is 4.05. The van der Waals surface area contributed by atoms with Crippen LogP contribution in [-0.2, 0) is 6.18 Å². The van der Waals surface area contributed by atoms with Gasteiger partial charge in [0.25, 0.3) is 11.8 Å². The molecule has 1 aliphatic rings. The zero-order valence-corrected chi connectivity index (χ0v) is 22.2. The van der Waals surface area contributed by atoms with E-state index >= 15 is 0 Å². The molecule has 3 heterocycles. The Hall–Kier alpha value is -2.77. The molecule has 13 heteroatoms. The second-order valence-electron chi connectivity index (χ2n) is 10.2. The fourth-order valence-corrected chi connectivity index (χ4v) is 5.13. The zero-order chi connectivity index (χ0) is 27.7. The third kappa shape index (κ3) is 6.76. The van der Waals surface area contributed by atoms with Crippen molar-refractivity contribution in [2.45, 2.75) is 64.4 Å². The van der Waals surface area contributed by atoms with Crippen molar-refractivity contribution in [3.8, 4) is 10.4 Å². The normalized spacial score (nSPS) is 17.1. The van der Waals surface area contributed by atoms with Gasteiger partial charge in [0.05, 0.1) is 23.2 Å². The Labute approximate surface area is 217 Å². The van der Waals surface area contributed by atoms with E-state index in [1.807, 2.05) is 6.92 Å². The summed E-state index contributed by atoms with van der Waals surface area (Å²) in [6.07, 6.45) is -3.43. The highest BCUT2D eigenvalue weighted by Crippen LogP contribution is 2.42. The first-order valence-corrected chi connectivity index (χ1v) is 12.7. The summed E-state index contributed by atoms with van der Waals surface area (Å²) in [6.45, 7) is 6.84. The summed E-state index contributed by atoms with van der Waals surface area (Å²) < 4.78 is 42.7. The standard InChI is InChI=1S/C24H32F3N5O4S/c1-13-7-6-8-32(13)21(35)18-19(37-20(29-18)22(36)31(5)11-14(34)12-33)15-10-28-17(30-23(2,3)4)9-16(15)24(25,26)27/h9-10,13-14,33-34H,6-8,11-12H2,1-5H3,(H,28,30)/t13-,14+/m0/s1. The summed E-state index contributed by atoms with van der Waals surface area (Å²) in [5.41, 5.74) is -2.15. The van der Waals surface area contributed by atoms with E-state index in [2.05, 4.69) is 15.3 Å². The van der Waals surface area contributed by atoms with Crippen LogP contribution in [0.1, 0.15) is 66.4 Å². The maximum Gasteiger partial charge on any atom is 0.417 e. The third-order valence-corrected chi connectivity index (χ3v) is 6.90. The van der Waals surface area contributed by atoms with Gasteiger partial charge in [-0.1, -0.05) is 0 Å². The number of hydrogen-bond donors (Lipinski definition) is 3. The number of aliphatic hydroxyl groups is 2. The van der Waals surface area contributed by atoms with Crippen LogP contribution in [0.2, 0.25) is 0 Å². The number of likely N-dealkylation sites (N-methyl/N-ethyl adjacent to an activating group) is 1. The maximum absolute atomic E-state index is 14.2. The number of carbonyl (C=O) groups is 2. The first kappa shape index (κ1) is 28.8. The lowest BCUT2D eigenvalue weighted by atomic mass is 10.1. The van der Waals surface area contributed by atoms with Crippen LogP contribution in [0.4, 0.5) is 19.0 Å². The van der Waals surface area contributed by atoms with Crippen molar-refractivity contribution in [2.75, 3.05) is 32.1 Å². The Balaban J connectivity index is 2.15. The molecule has 37 heavy (non-hydrogen) atoms. The molecule has 0 bridgehead atoms. The van der Waals surface area contributed by atoms with Crippen LogP contribution < -0.4 is 5.32 Å². The number of alkyl halides is 3. The van der Waals surface area contributed by atoms with E-state index in [9.17, 15) is 27.9 Å². The minimum Gasteiger partial charge on any atom is -0.394 e.